The van der Waals surface area contributed by atoms with Crippen LogP contribution in [-0.2, 0) is 4.79 Å². The summed E-state index contributed by atoms with van der Waals surface area (Å²) in [6, 6.07) is 2.31. The van der Waals surface area contributed by atoms with Gasteiger partial charge >= 0.3 is 5.97 Å². The molecule has 3 rings (SSSR count). The van der Waals surface area contributed by atoms with E-state index in [1.165, 1.54) is 31.0 Å². The third kappa shape index (κ3) is 2.40. The molecule has 0 spiro atoms. The van der Waals surface area contributed by atoms with E-state index < -0.39 is 5.97 Å². The number of imidazole rings is 1. The second-order valence-electron chi connectivity index (χ2n) is 5.24. The molecule has 0 radical (unpaired) electrons. The molecule has 2 heterocycles. The van der Waals surface area contributed by atoms with Gasteiger partial charge in [0.2, 0.25) is 0 Å². The molecule has 106 valence electrons. The zero-order chi connectivity index (χ0) is 14.1. The largest absolute Gasteiger partial charge is 0.481 e. The predicted molar refractivity (Wildman–Crippen MR) is 77.9 cm³/mol. The highest BCUT2D eigenvalue weighted by Crippen LogP contribution is 2.39. The summed E-state index contributed by atoms with van der Waals surface area (Å²) < 4.78 is 2.19. The van der Waals surface area contributed by atoms with Gasteiger partial charge in [-0.3, -0.25) is 9.78 Å². The highest BCUT2D eigenvalue weighted by molar-refractivity contribution is 7.99. The van der Waals surface area contributed by atoms with Gasteiger partial charge in [0.05, 0.1) is 17.5 Å². The van der Waals surface area contributed by atoms with Crippen molar-refractivity contribution in [3.8, 4) is 0 Å². The minimum Gasteiger partial charge on any atom is -0.481 e. The average Bonchev–Trinajstić information content (AvgIpc) is 2.72. The van der Waals surface area contributed by atoms with E-state index in [0.29, 0.717) is 12.0 Å². The highest BCUT2D eigenvalue weighted by Gasteiger charge is 2.28. The van der Waals surface area contributed by atoms with Crippen molar-refractivity contribution in [2.75, 3.05) is 5.75 Å². The van der Waals surface area contributed by atoms with Crippen LogP contribution in [0.2, 0.25) is 0 Å². The van der Waals surface area contributed by atoms with Crippen LogP contribution in [0, 0.1) is 5.92 Å². The summed E-state index contributed by atoms with van der Waals surface area (Å²) in [5.74, 6) is -0.110. The molecule has 1 aliphatic carbocycles. The van der Waals surface area contributed by atoms with Crippen molar-refractivity contribution in [3.05, 3.63) is 18.5 Å². The Labute approximate surface area is 121 Å². The lowest BCUT2D eigenvalue weighted by atomic mass is 9.80. The first-order chi connectivity index (χ1) is 9.66. The molecule has 0 bridgehead atoms. The van der Waals surface area contributed by atoms with Gasteiger partial charge in [-0.05, 0) is 31.7 Å². The van der Waals surface area contributed by atoms with Gasteiger partial charge in [-0.1, -0.05) is 18.2 Å². The van der Waals surface area contributed by atoms with Crippen LogP contribution in [0.1, 0.15) is 32.2 Å². The van der Waals surface area contributed by atoms with Crippen molar-refractivity contribution < 1.29 is 9.90 Å². The minimum atomic E-state index is -0.817. The molecular weight excluding hydrogens is 274 g/mol. The molecular formula is C14H17N3O2S. The lowest BCUT2D eigenvalue weighted by molar-refractivity contribution is -0.133. The first-order valence-electron chi connectivity index (χ1n) is 6.83. The van der Waals surface area contributed by atoms with E-state index in [2.05, 4.69) is 21.5 Å². The summed E-state index contributed by atoms with van der Waals surface area (Å²) in [6.45, 7) is 2.20. The molecule has 1 unspecified atom stereocenters. The number of aromatic nitrogens is 3. The van der Waals surface area contributed by atoms with E-state index in [1.54, 1.807) is 12.4 Å². The number of fused-ring (bicyclic) bond motifs is 1. The Balaban J connectivity index is 2.00. The third-order valence-corrected chi connectivity index (χ3v) is 4.96. The Morgan fingerprint density at radius 1 is 1.60 bits per heavy atom. The number of aliphatic carboxylic acids is 1. The van der Waals surface area contributed by atoms with Crippen molar-refractivity contribution in [3.63, 3.8) is 0 Å². The monoisotopic (exact) mass is 291 g/mol. The molecule has 0 saturated heterocycles. The normalized spacial score (nSPS) is 17.1. The maximum Gasteiger partial charge on any atom is 0.313 e. The molecule has 0 amide bonds. The van der Waals surface area contributed by atoms with E-state index in [1.807, 2.05) is 6.07 Å². The van der Waals surface area contributed by atoms with E-state index in [-0.39, 0.29) is 5.75 Å². The van der Waals surface area contributed by atoms with Crippen molar-refractivity contribution in [1.82, 2.24) is 14.5 Å². The second-order valence-corrected chi connectivity index (χ2v) is 6.19. The molecule has 2 aromatic rings. The standard InChI is InChI=1S/C14H17N3O2S/c1-9(10-3-2-4-10)17-12-5-6-15-7-11(12)16-14(17)20-8-13(18)19/h5-7,9-10H,2-4,8H2,1H3,(H,18,19). The van der Waals surface area contributed by atoms with Gasteiger partial charge in [-0.2, -0.15) is 0 Å². The summed E-state index contributed by atoms with van der Waals surface area (Å²) >= 11 is 1.29. The Kier molecular flexibility index (Phi) is 3.65. The van der Waals surface area contributed by atoms with Crippen LogP contribution >= 0.6 is 11.8 Å². The summed E-state index contributed by atoms with van der Waals surface area (Å²) in [4.78, 5) is 19.4. The predicted octanol–water partition coefficient (Wildman–Crippen LogP) is 2.97. The Morgan fingerprint density at radius 2 is 2.40 bits per heavy atom. The van der Waals surface area contributed by atoms with Gasteiger partial charge in [0.25, 0.3) is 0 Å². The molecule has 1 atom stereocenters. The summed E-state index contributed by atoms with van der Waals surface area (Å²) in [6.07, 6.45) is 7.29. The van der Waals surface area contributed by atoms with Gasteiger partial charge in [0, 0.05) is 12.2 Å². The fourth-order valence-corrected chi connectivity index (χ4v) is 3.50. The van der Waals surface area contributed by atoms with Gasteiger partial charge < -0.3 is 9.67 Å². The van der Waals surface area contributed by atoms with Crippen LogP contribution < -0.4 is 0 Å². The smallest absolute Gasteiger partial charge is 0.313 e. The minimum absolute atomic E-state index is 0.0359. The number of rotatable bonds is 5. The van der Waals surface area contributed by atoms with E-state index >= 15 is 0 Å². The number of pyridine rings is 1. The topological polar surface area (TPSA) is 68.0 Å². The number of thioether (sulfide) groups is 1. The molecule has 0 aliphatic heterocycles. The number of hydrogen-bond acceptors (Lipinski definition) is 4. The number of carbonyl (C=O) groups is 1. The fraction of sp³-hybridized carbons (Fsp3) is 0.500. The molecule has 0 aromatic carbocycles. The fourth-order valence-electron chi connectivity index (χ4n) is 2.68. The lowest BCUT2D eigenvalue weighted by Gasteiger charge is -2.33. The van der Waals surface area contributed by atoms with Crippen LogP contribution in [0.3, 0.4) is 0 Å². The van der Waals surface area contributed by atoms with Crippen molar-refractivity contribution in [1.29, 1.82) is 0 Å². The SMILES string of the molecule is CC(C1CCC1)n1c(SCC(=O)O)nc2cnccc21. The maximum atomic E-state index is 10.8. The Morgan fingerprint density at radius 3 is 3.05 bits per heavy atom. The van der Waals surface area contributed by atoms with E-state index in [0.717, 1.165) is 16.2 Å². The van der Waals surface area contributed by atoms with Crippen LogP contribution in [-0.4, -0.2) is 31.4 Å². The van der Waals surface area contributed by atoms with Crippen LogP contribution in [0.25, 0.3) is 11.0 Å². The molecule has 1 N–H and O–H groups in total. The maximum absolute atomic E-state index is 10.8. The molecule has 1 saturated carbocycles. The Hall–Kier alpha value is -1.56. The van der Waals surface area contributed by atoms with Gasteiger partial charge in [0.15, 0.2) is 5.16 Å². The lowest BCUT2D eigenvalue weighted by Crippen LogP contribution is -2.23. The van der Waals surface area contributed by atoms with Crippen LogP contribution in [0.4, 0.5) is 0 Å². The molecule has 1 aliphatic rings. The van der Waals surface area contributed by atoms with E-state index in [4.69, 9.17) is 5.11 Å². The molecule has 20 heavy (non-hydrogen) atoms. The van der Waals surface area contributed by atoms with E-state index in [9.17, 15) is 4.79 Å². The summed E-state index contributed by atoms with van der Waals surface area (Å²) in [5.41, 5.74) is 1.89. The van der Waals surface area contributed by atoms with Crippen molar-refractivity contribution in [2.24, 2.45) is 5.92 Å². The molecule has 2 aromatic heterocycles. The average molecular weight is 291 g/mol. The molecule has 5 nitrogen and oxygen atoms in total. The number of nitrogens with zero attached hydrogens (tertiary/aromatic N) is 3. The zero-order valence-corrected chi connectivity index (χ0v) is 12.1. The molecule has 6 heteroatoms. The zero-order valence-electron chi connectivity index (χ0n) is 11.3. The quantitative estimate of drug-likeness (QED) is 0.858. The molecule has 1 fully saturated rings. The number of hydrogen-bond donors (Lipinski definition) is 1. The summed E-state index contributed by atoms with van der Waals surface area (Å²) in [7, 11) is 0. The Bertz CT molecular complexity index is 636. The highest BCUT2D eigenvalue weighted by atomic mass is 32.2. The second kappa shape index (κ2) is 5.44. The van der Waals surface area contributed by atoms with Crippen LogP contribution in [0.15, 0.2) is 23.6 Å². The first-order valence-corrected chi connectivity index (χ1v) is 7.82. The van der Waals surface area contributed by atoms with Gasteiger partial charge in [0.1, 0.15) is 5.52 Å². The van der Waals surface area contributed by atoms with Crippen molar-refractivity contribution in [2.45, 2.75) is 37.4 Å². The third-order valence-electron chi connectivity index (χ3n) is 4.02. The van der Waals surface area contributed by atoms with Gasteiger partial charge in [-0.25, -0.2) is 4.98 Å². The van der Waals surface area contributed by atoms with Gasteiger partial charge in [-0.15, -0.1) is 0 Å². The number of carboxylic acid groups (broad SMARTS) is 1. The summed E-state index contributed by atoms with van der Waals surface area (Å²) in [5, 5.41) is 9.66. The van der Waals surface area contributed by atoms with Crippen molar-refractivity contribution >= 4 is 28.8 Å². The first kappa shape index (κ1) is 13.4. The number of carboxylic acids is 1. The van der Waals surface area contributed by atoms with Crippen LogP contribution in [0.5, 0.6) is 0 Å².